The van der Waals surface area contributed by atoms with Crippen molar-refractivity contribution < 1.29 is 0 Å². The zero-order chi connectivity index (χ0) is 5.82. The lowest BCUT2D eigenvalue weighted by Crippen LogP contribution is -1.87. The summed E-state index contributed by atoms with van der Waals surface area (Å²) in [5.41, 5.74) is 0. The van der Waals surface area contributed by atoms with Gasteiger partial charge in [0.05, 0.1) is 0 Å². The van der Waals surface area contributed by atoms with Gasteiger partial charge < -0.3 is 0 Å². The van der Waals surface area contributed by atoms with Gasteiger partial charge in [0.25, 0.3) is 0 Å². The van der Waals surface area contributed by atoms with E-state index in [9.17, 15) is 0 Å². The Kier molecular flexibility index (Phi) is 2.05. The van der Waals surface area contributed by atoms with Gasteiger partial charge in [-0.15, -0.1) is 0 Å². The molecule has 0 saturated heterocycles. The van der Waals surface area contributed by atoms with Crippen molar-refractivity contribution in [1.82, 2.24) is 0 Å². The minimum absolute atomic E-state index is 0.930. The maximum Gasteiger partial charge on any atom is -0.0274 e. The first-order chi connectivity index (χ1) is 3.93. The van der Waals surface area contributed by atoms with Crippen molar-refractivity contribution in [2.75, 3.05) is 6.66 Å². The average molecular weight is 124 g/mol. The molecule has 0 amide bonds. The second-order valence-electron chi connectivity index (χ2n) is 1.62. The van der Waals surface area contributed by atoms with Crippen LogP contribution in [0.4, 0.5) is 0 Å². The highest BCUT2D eigenvalue weighted by atomic mass is 31.1. The van der Waals surface area contributed by atoms with Crippen molar-refractivity contribution in [3.05, 3.63) is 30.3 Å². The summed E-state index contributed by atoms with van der Waals surface area (Å²) in [6.07, 6.45) is 0. The van der Waals surface area contributed by atoms with Crippen LogP contribution in [0.3, 0.4) is 0 Å². The standard InChI is InChI=1S/C7H9P/c1-8-7-5-3-2-4-6-7/h2-6,8H,1H3. The number of rotatable bonds is 1. The predicted octanol–water partition coefficient (Wildman–Crippen LogP) is 1.62. The molecule has 0 heterocycles. The molecular formula is C7H9P. The van der Waals surface area contributed by atoms with Crippen LogP contribution in [-0.2, 0) is 0 Å². The molecule has 8 heavy (non-hydrogen) atoms. The quantitative estimate of drug-likeness (QED) is 0.499. The smallest absolute Gasteiger partial charge is 0.0274 e. The SMILES string of the molecule is CPc1ccccc1. The van der Waals surface area contributed by atoms with Crippen molar-refractivity contribution in [3.8, 4) is 0 Å². The van der Waals surface area contributed by atoms with Crippen LogP contribution in [-0.4, -0.2) is 6.66 Å². The molecule has 1 unspecified atom stereocenters. The van der Waals surface area contributed by atoms with E-state index in [1.807, 2.05) is 6.07 Å². The van der Waals surface area contributed by atoms with Crippen molar-refractivity contribution in [1.29, 1.82) is 0 Å². The topological polar surface area (TPSA) is 0 Å². The molecule has 1 aromatic rings. The van der Waals surface area contributed by atoms with E-state index in [0.29, 0.717) is 0 Å². The molecule has 0 fully saturated rings. The Bertz CT molecular complexity index is 146. The lowest BCUT2D eigenvalue weighted by molar-refractivity contribution is 1.78. The highest BCUT2D eigenvalue weighted by Crippen LogP contribution is 2.00. The highest BCUT2D eigenvalue weighted by molar-refractivity contribution is 7.46. The molecule has 0 bridgehead atoms. The van der Waals surface area contributed by atoms with Crippen LogP contribution in [0.1, 0.15) is 0 Å². The van der Waals surface area contributed by atoms with E-state index in [1.54, 1.807) is 0 Å². The Hall–Kier alpha value is -0.350. The first kappa shape index (κ1) is 5.78. The second kappa shape index (κ2) is 2.84. The Morgan fingerprint density at radius 3 is 2.12 bits per heavy atom. The second-order valence-corrected chi connectivity index (χ2v) is 2.69. The number of hydrogen-bond acceptors (Lipinski definition) is 0. The normalized spacial score (nSPS) is 10.6. The van der Waals surface area contributed by atoms with Crippen LogP contribution in [0.2, 0.25) is 0 Å². The van der Waals surface area contributed by atoms with Gasteiger partial charge in [0, 0.05) is 0 Å². The van der Waals surface area contributed by atoms with Gasteiger partial charge in [-0.1, -0.05) is 38.9 Å². The summed E-state index contributed by atoms with van der Waals surface area (Å²) < 4.78 is 0. The average Bonchev–Trinajstić information content (AvgIpc) is 1.90. The molecule has 0 aliphatic heterocycles. The van der Waals surface area contributed by atoms with Crippen LogP contribution < -0.4 is 5.30 Å². The van der Waals surface area contributed by atoms with Gasteiger partial charge in [0.1, 0.15) is 0 Å². The van der Waals surface area contributed by atoms with Crippen LogP contribution in [0.15, 0.2) is 30.3 Å². The van der Waals surface area contributed by atoms with Crippen molar-refractivity contribution in [3.63, 3.8) is 0 Å². The lowest BCUT2D eigenvalue weighted by Gasteiger charge is -1.89. The summed E-state index contributed by atoms with van der Waals surface area (Å²) in [7, 11) is 0.930. The van der Waals surface area contributed by atoms with E-state index in [0.717, 1.165) is 8.58 Å². The van der Waals surface area contributed by atoms with Crippen molar-refractivity contribution >= 4 is 13.9 Å². The molecule has 0 spiro atoms. The third-order valence-corrected chi connectivity index (χ3v) is 1.97. The molecule has 1 rings (SSSR count). The third-order valence-electron chi connectivity index (χ3n) is 1.06. The van der Waals surface area contributed by atoms with Crippen molar-refractivity contribution in [2.45, 2.75) is 0 Å². The summed E-state index contributed by atoms with van der Waals surface area (Å²) in [4.78, 5) is 0. The summed E-state index contributed by atoms with van der Waals surface area (Å²) in [5.74, 6) is 0. The Morgan fingerprint density at radius 1 is 1.12 bits per heavy atom. The minimum atomic E-state index is 0.930. The first-order valence-electron chi connectivity index (χ1n) is 2.66. The van der Waals surface area contributed by atoms with Gasteiger partial charge >= 0.3 is 0 Å². The number of benzene rings is 1. The molecule has 0 aliphatic rings. The van der Waals surface area contributed by atoms with Gasteiger partial charge in [-0.3, -0.25) is 0 Å². The fourth-order valence-electron chi connectivity index (χ4n) is 0.605. The molecule has 0 nitrogen and oxygen atoms in total. The summed E-state index contributed by atoms with van der Waals surface area (Å²) in [6.45, 7) is 2.19. The summed E-state index contributed by atoms with van der Waals surface area (Å²) in [6, 6.07) is 10.5. The molecular weight excluding hydrogens is 115 g/mol. The zero-order valence-corrected chi connectivity index (χ0v) is 5.89. The molecule has 0 radical (unpaired) electrons. The monoisotopic (exact) mass is 124 g/mol. The predicted molar refractivity (Wildman–Crippen MR) is 40.3 cm³/mol. The maximum atomic E-state index is 2.19. The highest BCUT2D eigenvalue weighted by Gasteiger charge is 1.79. The van der Waals surface area contributed by atoms with Gasteiger partial charge in [-0.05, 0) is 12.0 Å². The first-order valence-corrected chi connectivity index (χ1v) is 4.16. The van der Waals surface area contributed by atoms with E-state index in [4.69, 9.17) is 0 Å². The Labute approximate surface area is 51.7 Å². The molecule has 0 aliphatic carbocycles. The molecule has 0 saturated carbocycles. The van der Waals surface area contributed by atoms with E-state index >= 15 is 0 Å². The lowest BCUT2D eigenvalue weighted by atomic mass is 10.4. The van der Waals surface area contributed by atoms with E-state index < -0.39 is 0 Å². The minimum Gasteiger partial charge on any atom is -0.0936 e. The fraction of sp³-hybridized carbons (Fsp3) is 0.143. The van der Waals surface area contributed by atoms with E-state index in [2.05, 4.69) is 30.9 Å². The van der Waals surface area contributed by atoms with Gasteiger partial charge in [0.15, 0.2) is 0 Å². The molecule has 0 N–H and O–H groups in total. The van der Waals surface area contributed by atoms with Crippen molar-refractivity contribution in [2.24, 2.45) is 0 Å². The summed E-state index contributed by atoms with van der Waals surface area (Å²) in [5, 5.41) is 1.44. The Balaban J connectivity index is 2.83. The molecule has 1 heteroatoms. The maximum absolute atomic E-state index is 2.19. The van der Waals surface area contributed by atoms with Crippen LogP contribution in [0.25, 0.3) is 0 Å². The van der Waals surface area contributed by atoms with Gasteiger partial charge in [-0.25, -0.2) is 0 Å². The van der Waals surface area contributed by atoms with Gasteiger partial charge in [0.2, 0.25) is 0 Å². The van der Waals surface area contributed by atoms with Gasteiger partial charge in [-0.2, -0.15) is 0 Å². The van der Waals surface area contributed by atoms with Crippen LogP contribution in [0, 0.1) is 0 Å². The molecule has 0 aromatic heterocycles. The summed E-state index contributed by atoms with van der Waals surface area (Å²) >= 11 is 0. The van der Waals surface area contributed by atoms with Crippen LogP contribution in [0.5, 0.6) is 0 Å². The van der Waals surface area contributed by atoms with E-state index in [-0.39, 0.29) is 0 Å². The molecule has 42 valence electrons. The molecule has 1 atom stereocenters. The number of hydrogen-bond donors (Lipinski definition) is 0. The third kappa shape index (κ3) is 1.31. The molecule has 1 aromatic carbocycles. The Morgan fingerprint density at radius 2 is 1.75 bits per heavy atom. The van der Waals surface area contributed by atoms with Crippen LogP contribution >= 0.6 is 8.58 Å². The largest absolute Gasteiger partial charge is 0.0936 e. The van der Waals surface area contributed by atoms with E-state index in [1.165, 1.54) is 5.30 Å². The fourth-order valence-corrected chi connectivity index (χ4v) is 1.13. The zero-order valence-electron chi connectivity index (χ0n) is 4.89.